The predicted octanol–water partition coefficient (Wildman–Crippen LogP) is 1.04. The van der Waals surface area contributed by atoms with Crippen molar-refractivity contribution < 1.29 is 23.8 Å². The Balaban J connectivity index is 2.86. The van der Waals surface area contributed by atoms with E-state index in [1.54, 1.807) is 0 Å². The van der Waals surface area contributed by atoms with E-state index in [4.69, 9.17) is 9.84 Å². The number of carboxylic acid groups (broad SMARTS) is 1. The zero-order valence-electron chi connectivity index (χ0n) is 9.36. The summed E-state index contributed by atoms with van der Waals surface area (Å²) in [6.07, 6.45) is 0. The highest BCUT2D eigenvalue weighted by atomic mass is 19.1. The van der Waals surface area contributed by atoms with Crippen LogP contribution in [0.5, 0.6) is 5.75 Å². The molecule has 1 rings (SSSR count). The molecule has 17 heavy (non-hydrogen) atoms. The summed E-state index contributed by atoms with van der Waals surface area (Å²) in [5, 5.41) is 10.8. The number of carbonyl (C=O) groups is 2. The molecule has 0 aliphatic rings. The van der Waals surface area contributed by atoms with Crippen LogP contribution in [0.4, 0.5) is 4.39 Å². The average Bonchev–Trinajstić information content (AvgIpc) is 2.28. The molecular weight excluding hydrogens is 229 g/mol. The lowest BCUT2D eigenvalue weighted by molar-refractivity contribution is -0.138. The van der Waals surface area contributed by atoms with Crippen molar-refractivity contribution in [3.8, 4) is 5.75 Å². The maximum Gasteiger partial charge on any atom is 0.325 e. The molecule has 0 spiro atoms. The molecule has 0 heterocycles. The summed E-state index contributed by atoms with van der Waals surface area (Å²) in [6.45, 7) is 1.29. The first-order chi connectivity index (χ1) is 7.95. The Morgan fingerprint density at radius 3 is 2.59 bits per heavy atom. The summed E-state index contributed by atoms with van der Waals surface area (Å²) < 4.78 is 18.2. The van der Waals surface area contributed by atoms with Gasteiger partial charge in [0.25, 0.3) is 5.91 Å². The molecule has 1 amide bonds. The van der Waals surface area contributed by atoms with Crippen LogP contribution in [0.1, 0.15) is 17.3 Å². The van der Waals surface area contributed by atoms with Crippen LogP contribution >= 0.6 is 0 Å². The minimum absolute atomic E-state index is 0.223. The molecule has 0 radical (unpaired) electrons. The molecule has 0 aliphatic heterocycles. The highest BCUT2D eigenvalue weighted by molar-refractivity contribution is 5.96. The van der Waals surface area contributed by atoms with Crippen molar-refractivity contribution in [1.29, 1.82) is 0 Å². The molecule has 1 aromatic carbocycles. The monoisotopic (exact) mass is 241 g/mol. The van der Waals surface area contributed by atoms with Crippen molar-refractivity contribution in [2.24, 2.45) is 0 Å². The number of amides is 1. The van der Waals surface area contributed by atoms with Gasteiger partial charge in [-0.05, 0) is 19.1 Å². The Morgan fingerprint density at radius 2 is 2.12 bits per heavy atom. The highest BCUT2D eigenvalue weighted by Crippen LogP contribution is 2.16. The number of methoxy groups -OCH3 is 1. The second kappa shape index (κ2) is 5.29. The number of rotatable bonds is 4. The molecule has 0 aliphatic carbocycles. The van der Waals surface area contributed by atoms with Gasteiger partial charge in [-0.15, -0.1) is 0 Å². The molecule has 0 bridgehead atoms. The van der Waals surface area contributed by atoms with Crippen LogP contribution in [0.15, 0.2) is 18.2 Å². The van der Waals surface area contributed by atoms with Gasteiger partial charge in [-0.1, -0.05) is 0 Å². The van der Waals surface area contributed by atoms with Crippen LogP contribution < -0.4 is 10.1 Å². The lowest BCUT2D eigenvalue weighted by Crippen LogP contribution is -2.38. The first-order valence-corrected chi connectivity index (χ1v) is 4.83. The summed E-state index contributed by atoms with van der Waals surface area (Å²) in [6, 6.07) is 2.63. The molecular formula is C11H12FNO4. The number of aliphatic carboxylic acids is 1. The fourth-order valence-electron chi connectivity index (χ4n) is 1.14. The van der Waals surface area contributed by atoms with Gasteiger partial charge in [0.1, 0.15) is 17.6 Å². The van der Waals surface area contributed by atoms with Crippen LogP contribution in [0.3, 0.4) is 0 Å². The lowest BCUT2D eigenvalue weighted by Gasteiger charge is -2.10. The van der Waals surface area contributed by atoms with E-state index in [2.05, 4.69) is 5.32 Å². The molecule has 0 aromatic heterocycles. The summed E-state index contributed by atoms with van der Waals surface area (Å²) in [5.41, 5.74) is -0.223. The van der Waals surface area contributed by atoms with E-state index in [1.807, 2.05) is 0 Å². The van der Waals surface area contributed by atoms with Crippen LogP contribution in [-0.4, -0.2) is 30.1 Å². The van der Waals surface area contributed by atoms with Crippen molar-refractivity contribution in [3.05, 3.63) is 29.6 Å². The number of hydrogen-bond acceptors (Lipinski definition) is 3. The lowest BCUT2D eigenvalue weighted by atomic mass is 10.1. The Kier molecular flexibility index (Phi) is 4.03. The van der Waals surface area contributed by atoms with E-state index in [0.717, 1.165) is 6.07 Å². The molecule has 1 aromatic rings. The Hall–Kier alpha value is -2.11. The topological polar surface area (TPSA) is 75.6 Å². The second-order valence-corrected chi connectivity index (χ2v) is 3.38. The normalized spacial score (nSPS) is 11.7. The van der Waals surface area contributed by atoms with E-state index in [0.29, 0.717) is 0 Å². The third kappa shape index (κ3) is 3.17. The molecule has 6 heteroatoms. The molecule has 1 unspecified atom stereocenters. The van der Waals surface area contributed by atoms with Gasteiger partial charge in [-0.2, -0.15) is 0 Å². The fraction of sp³-hybridized carbons (Fsp3) is 0.273. The second-order valence-electron chi connectivity index (χ2n) is 3.38. The SMILES string of the molecule is COc1ccc(C(=O)NC(C)C(=O)O)c(F)c1. The number of ether oxygens (including phenoxy) is 1. The van der Waals surface area contributed by atoms with Gasteiger partial charge in [-0.25, -0.2) is 4.39 Å². The smallest absolute Gasteiger partial charge is 0.325 e. The van der Waals surface area contributed by atoms with Crippen LogP contribution in [-0.2, 0) is 4.79 Å². The van der Waals surface area contributed by atoms with Crippen molar-refractivity contribution in [1.82, 2.24) is 5.32 Å². The average molecular weight is 241 g/mol. The van der Waals surface area contributed by atoms with Gasteiger partial charge in [0, 0.05) is 6.07 Å². The number of carbonyl (C=O) groups excluding carboxylic acids is 1. The number of nitrogens with one attached hydrogen (secondary N) is 1. The van der Waals surface area contributed by atoms with Crippen LogP contribution in [0.25, 0.3) is 0 Å². The zero-order valence-corrected chi connectivity index (χ0v) is 9.36. The summed E-state index contributed by atoms with van der Waals surface area (Å²) in [5.74, 6) is -2.45. The molecule has 92 valence electrons. The summed E-state index contributed by atoms with van der Waals surface area (Å²) >= 11 is 0. The highest BCUT2D eigenvalue weighted by Gasteiger charge is 2.18. The maximum absolute atomic E-state index is 13.5. The van der Waals surface area contributed by atoms with E-state index in [1.165, 1.54) is 26.2 Å². The molecule has 0 saturated heterocycles. The first kappa shape index (κ1) is 13.0. The number of benzene rings is 1. The number of hydrogen-bond donors (Lipinski definition) is 2. The van der Waals surface area contributed by atoms with Crippen molar-refractivity contribution >= 4 is 11.9 Å². The minimum atomic E-state index is -1.19. The molecule has 2 N–H and O–H groups in total. The predicted molar refractivity (Wildman–Crippen MR) is 57.5 cm³/mol. The van der Waals surface area contributed by atoms with Gasteiger partial charge in [0.15, 0.2) is 0 Å². The zero-order chi connectivity index (χ0) is 13.0. The molecule has 5 nitrogen and oxygen atoms in total. The van der Waals surface area contributed by atoms with Crippen molar-refractivity contribution in [2.75, 3.05) is 7.11 Å². The van der Waals surface area contributed by atoms with Gasteiger partial charge < -0.3 is 15.2 Å². The van der Waals surface area contributed by atoms with Gasteiger partial charge in [0.2, 0.25) is 0 Å². The van der Waals surface area contributed by atoms with Gasteiger partial charge in [0.05, 0.1) is 12.7 Å². The van der Waals surface area contributed by atoms with E-state index >= 15 is 0 Å². The third-order valence-electron chi connectivity index (χ3n) is 2.14. The van der Waals surface area contributed by atoms with E-state index in [9.17, 15) is 14.0 Å². The van der Waals surface area contributed by atoms with Crippen LogP contribution in [0, 0.1) is 5.82 Å². The van der Waals surface area contributed by atoms with Gasteiger partial charge in [-0.3, -0.25) is 9.59 Å². The molecule has 0 fully saturated rings. The Morgan fingerprint density at radius 1 is 1.47 bits per heavy atom. The third-order valence-corrected chi connectivity index (χ3v) is 2.14. The maximum atomic E-state index is 13.5. The Bertz CT molecular complexity index is 447. The summed E-state index contributed by atoms with van der Waals surface area (Å²) in [4.78, 5) is 22.0. The molecule has 1 atom stereocenters. The summed E-state index contributed by atoms with van der Waals surface area (Å²) in [7, 11) is 1.38. The quantitative estimate of drug-likeness (QED) is 0.825. The fourth-order valence-corrected chi connectivity index (χ4v) is 1.14. The van der Waals surface area contributed by atoms with E-state index in [-0.39, 0.29) is 11.3 Å². The number of carboxylic acids is 1. The van der Waals surface area contributed by atoms with E-state index < -0.39 is 23.7 Å². The minimum Gasteiger partial charge on any atom is -0.497 e. The first-order valence-electron chi connectivity index (χ1n) is 4.83. The van der Waals surface area contributed by atoms with Crippen molar-refractivity contribution in [2.45, 2.75) is 13.0 Å². The molecule has 0 saturated carbocycles. The van der Waals surface area contributed by atoms with Gasteiger partial charge >= 0.3 is 5.97 Å². The number of halogens is 1. The largest absolute Gasteiger partial charge is 0.497 e. The van der Waals surface area contributed by atoms with Crippen molar-refractivity contribution in [3.63, 3.8) is 0 Å². The van der Waals surface area contributed by atoms with Crippen LogP contribution in [0.2, 0.25) is 0 Å². The standard InChI is InChI=1S/C11H12FNO4/c1-6(11(15)16)13-10(14)8-4-3-7(17-2)5-9(8)12/h3-6H,1-2H3,(H,13,14)(H,15,16). The Labute approximate surface area is 97.2 Å².